The van der Waals surface area contributed by atoms with Crippen molar-refractivity contribution in [3.63, 3.8) is 0 Å². The summed E-state index contributed by atoms with van der Waals surface area (Å²) in [7, 11) is 3.23. The predicted octanol–water partition coefficient (Wildman–Crippen LogP) is 6.77. The standard InChI is InChI=1S/C25H49NO3/c1-24(2,3)25(4,5)19-13-11-9-8-10-12-14-20-29-22-17-15-21(16-18-22)23(27)26(6)28-7/h21-22H,8-20H2,1-7H3. The van der Waals surface area contributed by atoms with Crippen molar-refractivity contribution >= 4 is 5.91 Å². The zero-order chi connectivity index (χ0) is 21.9. The van der Waals surface area contributed by atoms with E-state index in [0.717, 1.165) is 32.3 Å². The fraction of sp³-hybridized carbons (Fsp3) is 0.960. The molecule has 1 fully saturated rings. The summed E-state index contributed by atoms with van der Waals surface area (Å²) in [5, 5.41) is 1.36. The number of carbonyl (C=O) groups is 1. The van der Waals surface area contributed by atoms with E-state index in [9.17, 15) is 4.79 Å². The van der Waals surface area contributed by atoms with Gasteiger partial charge < -0.3 is 4.74 Å². The van der Waals surface area contributed by atoms with Gasteiger partial charge in [0.25, 0.3) is 0 Å². The Kier molecular flexibility index (Phi) is 11.8. The van der Waals surface area contributed by atoms with Crippen LogP contribution in [0.4, 0.5) is 0 Å². The van der Waals surface area contributed by atoms with Gasteiger partial charge in [0, 0.05) is 19.6 Å². The third-order valence-corrected chi connectivity index (χ3v) is 7.44. The number of hydrogen-bond donors (Lipinski definition) is 0. The first-order chi connectivity index (χ1) is 13.6. The van der Waals surface area contributed by atoms with Crippen molar-refractivity contribution in [3.05, 3.63) is 0 Å². The normalized spacial score (nSPS) is 20.7. The third-order valence-electron chi connectivity index (χ3n) is 7.44. The molecule has 4 nitrogen and oxygen atoms in total. The Bertz CT molecular complexity index is 447. The molecule has 4 heteroatoms. The third kappa shape index (κ3) is 9.83. The van der Waals surface area contributed by atoms with Crippen LogP contribution in [0.5, 0.6) is 0 Å². The summed E-state index contributed by atoms with van der Waals surface area (Å²) in [6.45, 7) is 12.8. The average molecular weight is 412 g/mol. The van der Waals surface area contributed by atoms with E-state index in [-0.39, 0.29) is 11.8 Å². The highest BCUT2D eigenvalue weighted by atomic mass is 16.7. The van der Waals surface area contributed by atoms with E-state index in [4.69, 9.17) is 9.57 Å². The van der Waals surface area contributed by atoms with Crippen LogP contribution in [0.1, 0.15) is 112 Å². The zero-order valence-corrected chi connectivity index (χ0v) is 20.5. The van der Waals surface area contributed by atoms with Crippen molar-refractivity contribution in [2.24, 2.45) is 16.7 Å². The molecule has 1 saturated carbocycles. The molecular weight excluding hydrogens is 362 g/mol. The summed E-state index contributed by atoms with van der Waals surface area (Å²) >= 11 is 0. The minimum absolute atomic E-state index is 0.105. The molecule has 1 aliphatic carbocycles. The molecule has 0 atom stereocenters. The Hall–Kier alpha value is -0.610. The molecule has 0 radical (unpaired) electrons. The van der Waals surface area contributed by atoms with E-state index in [0.29, 0.717) is 16.9 Å². The van der Waals surface area contributed by atoms with E-state index in [1.165, 1.54) is 56.4 Å². The summed E-state index contributed by atoms with van der Waals surface area (Å²) < 4.78 is 6.06. The highest BCUT2D eigenvalue weighted by Gasteiger charge is 2.31. The van der Waals surface area contributed by atoms with Crippen molar-refractivity contribution in [1.82, 2.24) is 5.06 Å². The summed E-state index contributed by atoms with van der Waals surface area (Å²) in [6, 6.07) is 0. The van der Waals surface area contributed by atoms with Gasteiger partial charge in [0.05, 0.1) is 13.2 Å². The number of hydroxylamine groups is 2. The van der Waals surface area contributed by atoms with Gasteiger partial charge in [-0.3, -0.25) is 9.63 Å². The average Bonchev–Trinajstić information content (AvgIpc) is 2.67. The molecule has 0 N–H and O–H groups in total. The Morgan fingerprint density at radius 2 is 1.38 bits per heavy atom. The topological polar surface area (TPSA) is 38.8 Å². The number of ether oxygens (including phenoxy) is 1. The maximum absolute atomic E-state index is 12.1. The van der Waals surface area contributed by atoms with Crippen LogP contribution in [-0.2, 0) is 14.4 Å². The number of nitrogens with zero attached hydrogens (tertiary/aromatic N) is 1. The van der Waals surface area contributed by atoms with Gasteiger partial charge in [0.1, 0.15) is 0 Å². The van der Waals surface area contributed by atoms with E-state index in [1.54, 1.807) is 14.2 Å². The molecule has 0 bridgehead atoms. The number of unbranched alkanes of at least 4 members (excludes halogenated alkanes) is 6. The summed E-state index contributed by atoms with van der Waals surface area (Å²) in [6.07, 6.45) is 14.8. The largest absolute Gasteiger partial charge is 0.378 e. The van der Waals surface area contributed by atoms with Crippen LogP contribution in [0.2, 0.25) is 0 Å². The van der Waals surface area contributed by atoms with Crippen LogP contribution in [-0.4, -0.2) is 37.8 Å². The molecule has 0 spiro atoms. The smallest absolute Gasteiger partial charge is 0.248 e. The molecule has 1 amide bonds. The molecular formula is C25H49NO3. The number of carbonyl (C=O) groups excluding carboxylic acids is 1. The van der Waals surface area contributed by atoms with Gasteiger partial charge in [-0.1, -0.05) is 73.1 Å². The second-order valence-electron chi connectivity index (χ2n) is 10.7. The molecule has 172 valence electrons. The van der Waals surface area contributed by atoms with Gasteiger partial charge in [-0.25, -0.2) is 5.06 Å². The lowest BCUT2D eigenvalue weighted by Crippen LogP contribution is -2.35. The van der Waals surface area contributed by atoms with Crippen LogP contribution in [0.3, 0.4) is 0 Å². The highest BCUT2D eigenvalue weighted by molar-refractivity contribution is 5.77. The van der Waals surface area contributed by atoms with Crippen LogP contribution < -0.4 is 0 Å². The maximum Gasteiger partial charge on any atom is 0.248 e. The molecule has 29 heavy (non-hydrogen) atoms. The van der Waals surface area contributed by atoms with Crippen molar-refractivity contribution in [2.75, 3.05) is 20.8 Å². The highest BCUT2D eigenvalue weighted by Crippen LogP contribution is 2.41. The van der Waals surface area contributed by atoms with Crippen molar-refractivity contribution in [3.8, 4) is 0 Å². The Labute approximate surface area is 181 Å². The molecule has 0 aromatic heterocycles. The van der Waals surface area contributed by atoms with Gasteiger partial charge in [0.2, 0.25) is 5.91 Å². The van der Waals surface area contributed by atoms with Gasteiger partial charge in [0.15, 0.2) is 0 Å². The Balaban J connectivity index is 1.96. The van der Waals surface area contributed by atoms with Gasteiger partial charge in [-0.15, -0.1) is 0 Å². The van der Waals surface area contributed by atoms with Gasteiger partial charge in [-0.05, 0) is 49.4 Å². The Morgan fingerprint density at radius 3 is 1.90 bits per heavy atom. The number of rotatable bonds is 13. The predicted molar refractivity (Wildman–Crippen MR) is 122 cm³/mol. The molecule has 0 unspecified atom stereocenters. The van der Waals surface area contributed by atoms with Crippen molar-refractivity contribution < 1.29 is 14.4 Å². The minimum atomic E-state index is 0.105. The summed E-state index contributed by atoms with van der Waals surface area (Å²) in [5.41, 5.74) is 0.818. The van der Waals surface area contributed by atoms with Crippen molar-refractivity contribution in [1.29, 1.82) is 0 Å². The number of amides is 1. The van der Waals surface area contributed by atoms with Crippen LogP contribution in [0.25, 0.3) is 0 Å². The number of hydrogen-bond acceptors (Lipinski definition) is 3. The van der Waals surface area contributed by atoms with E-state index < -0.39 is 0 Å². The lowest BCUT2D eigenvalue weighted by atomic mass is 9.67. The molecule has 0 aromatic carbocycles. The molecule has 0 aliphatic heterocycles. The second kappa shape index (κ2) is 12.9. The van der Waals surface area contributed by atoms with E-state index in [2.05, 4.69) is 34.6 Å². The summed E-state index contributed by atoms with van der Waals surface area (Å²) in [5.74, 6) is 0.210. The van der Waals surface area contributed by atoms with Gasteiger partial charge >= 0.3 is 0 Å². The first-order valence-electron chi connectivity index (χ1n) is 12.0. The lowest BCUT2D eigenvalue weighted by molar-refractivity contribution is -0.175. The van der Waals surface area contributed by atoms with E-state index in [1.807, 2.05) is 0 Å². The minimum Gasteiger partial charge on any atom is -0.378 e. The lowest BCUT2D eigenvalue weighted by Gasteiger charge is -2.39. The fourth-order valence-corrected chi connectivity index (χ4v) is 4.00. The molecule has 0 saturated heterocycles. The van der Waals surface area contributed by atoms with Gasteiger partial charge in [-0.2, -0.15) is 0 Å². The molecule has 0 heterocycles. The van der Waals surface area contributed by atoms with Crippen molar-refractivity contribution in [2.45, 2.75) is 118 Å². The Morgan fingerprint density at radius 1 is 0.862 bits per heavy atom. The zero-order valence-electron chi connectivity index (χ0n) is 20.5. The fourth-order valence-electron chi connectivity index (χ4n) is 4.00. The quantitative estimate of drug-likeness (QED) is 0.248. The summed E-state index contributed by atoms with van der Waals surface area (Å²) in [4.78, 5) is 17.1. The van der Waals surface area contributed by atoms with Crippen LogP contribution in [0, 0.1) is 16.7 Å². The molecule has 1 rings (SSSR count). The van der Waals surface area contributed by atoms with E-state index >= 15 is 0 Å². The maximum atomic E-state index is 12.1. The first-order valence-corrected chi connectivity index (χ1v) is 12.0. The molecule has 0 aromatic rings. The second-order valence-corrected chi connectivity index (χ2v) is 10.7. The SMILES string of the molecule is CON(C)C(=O)C1CCC(OCCCCCCCCCC(C)(C)C(C)(C)C)CC1. The monoisotopic (exact) mass is 411 g/mol. The van der Waals surface area contributed by atoms with Crippen LogP contribution >= 0.6 is 0 Å². The first kappa shape index (κ1) is 26.4. The van der Waals surface area contributed by atoms with Crippen LogP contribution in [0.15, 0.2) is 0 Å². The molecule has 1 aliphatic rings.